The standard InChI is InChI=1S/C14H17BrN4O2/c1-8-14(15)9(2)19(18-8)7-13(20)17-11-6-10(16)4-5-12(11)21-3/h4-6H,7,16H2,1-3H3,(H,17,20). The van der Waals surface area contributed by atoms with E-state index in [4.69, 9.17) is 10.5 Å². The number of nitrogens with two attached hydrogens (primary N) is 1. The predicted molar refractivity (Wildman–Crippen MR) is 85.4 cm³/mol. The molecule has 0 fully saturated rings. The number of halogens is 1. The first-order valence-electron chi connectivity index (χ1n) is 6.35. The van der Waals surface area contributed by atoms with Gasteiger partial charge in [-0.15, -0.1) is 0 Å². The summed E-state index contributed by atoms with van der Waals surface area (Å²) in [6, 6.07) is 5.09. The van der Waals surface area contributed by atoms with E-state index in [2.05, 4.69) is 26.3 Å². The molecule has 6 nitrogen and oxygen atoms in total. The lowest BCUT2D eigenvalue weighted by molar-refractivity contribution is -0.116. The minimum Gasteiger partial charge on any atom is -0.495 e. The third kappa shape index (κ3) is 3.36. The molecule has 1 heterocycles. The summed E-state index contributed by atoms with van der Waals surface area (Å²) in [6.45, 7) is 3.90. The van der Waals surface area contributed by atoms with E-state index in [1.165, 1.54) is 0 Å². The number of carbonyl (C=O) groups is 1. The molecule has 2 aromatic rings. The van der Waals surface area contributed by atoms with Crippen molar-refractivity contribution in [2.75, 3.05) is 18.2 Å². The highest BCUT2D eigenvalue weighted by molar-refractivity contribution is 9.10. The summed E-state index contributed by atoms with van der Waals surface area (Å²) in [5.74, 6) is 0.365. The molecule has 0 bridgehead atoms. The van der Waals surface area contributed by atoms with Crippen LogP contribution < -0.4 is 15.8 Å². The van der Waals surface area contributed by atoms with Crippen molar-refractivity contribution in [2.24, 2.45) is 0 Å². The molecular formula is C14H17BrN4O2. The molecule has 2 rings (SSSR count). The Morgan fingerprint density at radius 2 is 2.19 bits per heavy atom. The molecule has 0 radical (unpaired) electrons. The van der Waals surface area contributed by atoms with Crippen LogP contribution in [-0.4, -0.2) is 22.8 Å². The summed E-state index contributed by atoms with van der Waals surface area (Å²) in [4.78, 5) is 12.2. The fourth-order valence-electron chi connectivity index (χ4n) is 1.98. The normalized spacial score (nSPS) is 10.5. The van der Waals surface area contributed by atoms with Gasteiger partial charge >= 0.3 is 0 Å². The molecular weight excluding hydrogens is 336 g/mol. The van der Waals surface area contributed by atoms with Crippen LogP contribution >= 0.6 is 15.9 Å². The number of hydrogen-bond donors (Lipinski definition) is 2. The summed E-state index contributed by atoms with van der Waals surface area (Å²) in [5.41, 5.74) is 8.58. The van der Waals surface area contributed by atoms with Gasteiger partial charge in [0.25, 0.3) is 0 Å². The molecule has 0 aliphatic heterocycles. The van der Waals surface area contributed by atoms with Gasteiger partial charge in [-0.1, -0.05) is 0 Å². The van der Waals surface area contributed by atoms with Gasteiger partial charge in [0.2, 0.25) is 5.91 Å². The molecule has 0 aliphatic carbocycles. The predicted octanol–water partition coefficient (Wildman–Crippen LogP) is 2.49. The second-order valence-corrected chi connectivity index (χ2v) is 5.44. The van der Waals surface area contributed by atoms with Gasteiger partial charge in [0.1, 0.15) is 12.3 Å². The molecule has 1 amide bonds. The zero-order chi connectivity index (χ0) is 15.6. The van der Waals surface area contributed by atoms with Crippen LogP contribution in [0.2, 0.25) is 0 Å². The molecule has 1 aromatic carbocycles. The molecule has 0 unspecified atom stereocenters. The van der Waals surface area contributed by atoms with Gasteiger partial charge in [-0.05, 0) is 48.0 Å². The number of nitrogens with zero attached hydrogens (tertiary/aromatic N) is 2. The maximum Gasteiger partial charge on any atom is 0.246 e. The highest BCUT2D eigenvalue weighted by atomic mass is 79.9. The highest BCUT2D eigenvalue weighted by Crippen LogP contribution is 2.26. The highest BCUT2D eigenvalue weighted by Gasteiger charge is 2.13. The lowest BCUT2D eigenvalue weighted by atomic mass is 10.2. The second-order valence-electron chi connectivity index (χ2n) is 4.65. The molecule has 0 aliphatic rings. The number of nitrogens with one attached hydrogen (secondary N) is 1. The van der Waals surface area contributed by atoms with Crippen molar-refractivity contribution >= 4 is 33.2 Å². The molecule has 0 spiro atoms. The zero-order valence-corrected chi connectivity index (χ0v) is 13.7. The molecule has 3 N–H and O–H groups in total. The van der Waals surface area contributed by atoms with Crippen LogP contribution in [0.5, 0.6) is 5.75 Å². The van der Waals surface area contributed by atoms with Gasteiger partial charge in [0.05, 0.1) is 28.7 Å². The van der Waals surface area contributed by atoms with E-state index < -0.39 is 0 Å². The summed E-state index contributed by atoms with van der Waals surface area (Å²) in [5, 5.41) is 7.09. The Balaban J connectivity index is 2.15. The van der Waals surface area contributed by atoms with Gasteiger partial charge in [-0.3, -0.25) is 9.48 Å². The smallest absolute Gasteiger partial charge is 0.246 e. The van der Waals surface area contributed by atoms with Crippen molar-refractivity contribution in [3.63, 3.8) is 0 Å². The van der Waals surface area contributed by atoms with Crippen LogP contribution in [0.4, 0.5) is 11.4 Å². The Hall–Kier alpha value is -2.02. The number of amides is 1. The second kappa shape index (κ2) is 6.17. The summed E-state index contributed by atoms with van der Waals surface area (Å²) in [6.07, 6.45) is 0. The summed E-state index contributed by atoms with van der Waals surface area (Å²) in [7, 11) is 1.54. The Labute approximate surface area is 131 Å². The van der Waals surface area contributed by atoms with Crippen molar-refractivity contribution in [3.05, 3.63) is 34.1 Å². The van der Waals surface area contributed by atoms with Crippen LogP contribution in [0.25, 0.3) is 0 Å². The maximum atomic E-state index is 12.2. The van der Waals surface area contributed by atoms with Crippen LogP contribution in [0.3, 0.4) is 0 Å². The average Bonchev–Trinajstić information content (AvgIpc) is 2.66. The van der Waals surface area contributed by atoms with Gasteiger partial charge < -0.3 is 15.8 Å². The molecule has 0 saturated heterocycles. The fourth-order valence-corrected chi connectivity index (χ4v) is 2.26. The van der Waals surface area contributed by atoms with Crippen LogP contribution in [0, 0.1) is 13.8 Å². The Kier molecular flexibility index (Phi) is 4.52. The van der Waals surface area contributed by atoms with Gasteiger partial charge in [-0.2, -0.15) is 5.10 Å². The van der Waals surface area contributed by atoms with E-state index in [1.54, 1.807) is 30.0 Å². The molecule has 112 valence electrons. The Morgan fingerprint density at radius 1 is 1.48 bits per heavy atom. The number of carbonyl (C=O) groups excluding carboxylic acids is 1. The van der Waals surface area contributed by atoms with E-state index in [0.717, 1.165) is 15.9 Å². The SMILES string of the molecule is COc1ccc(N)cc1NC(=O)Cn1nc(C)c(Br)c1C. The quantitative estimate of drug-likeness (QED) is 0.828. The molecule has 21 heavy (non-hydrogen) atoms. The number of aromatic nitrogens is 2. The van der Waals surface area contributed by atoms with E-state index in [-0.39, 0.29) is 12.5 Å². The van der Waals surface area contributed by atoms with E-state index in [0.29, 0.717) is 17.1 Å². The van der Waals surface area contributed by atoms with Crippen LogP contribution in [0.15, 0.2) is 22.7 Å². The number of ether oxygens (including phenoxy) is 1. The van der Waals surface area contributed by atoms with Gasteiger partial charge in [0.15, 0.2) is 0 Å². The summed E-state index contributed by atoms with van der Waals surface area (Å²) >= 11 is 3.44. The lowest BCUT2D eigenvalue weighted by Gasteiger charge is -2.11. The number of nitrogen functional groups attached to an aromatic ring is 1. The fraction of sp³-hybridized carbons (Fsp3) is 0.286. The number of rotatable bonds is 4. The molecule has 0 atom stereocenters. The van der Waals surface area contributed by atoms with E-state index in [1.807, 2.05) is 13.8 Å². The Bertz CT molecular complexity index is 682. The third-order valence-electron chi connectivity index (χ3n) is 3.08. The van der Waals surface area contributed by atoms with Crippen LogP contribution in [0.1, 0.15) is 11.4 Å². The van der Waals surface area contributed by atoms with Crippen molar-refractivity contribution < 1.29 is 9.53 Å². The topological polar surface area (TPSA) is 82.2 Å². The Morgan fingerprint density at radius 3 is 2.76 bits per heavy atom. The first-order valence-corrected chi connectivity index (χ1v) is 7.14. The largest absolute Gasteiger partial charge is 0.495 e. The van der Waals surface area contributed by atoms with Crippen molar-refractivity contribution in [3.8, 4) is 5.75 Å². The van der Waals surface area contributed by atoms with Gasteiger partial charge in [-0.25, -0.2) is 0 Å². The first kappa shape index (κ1) is 15.4. The number of benzene rings is 1. The summed E-state index contributed by atoms with van der Waals surface area (Å²) < 4.78 is 7.76. The molecule has 7 heteroatoms. The number of aryl methyl sites for hydroxylation is 1. The molecule has 1 aromatic heterocycles. The van der Waals surface area contributed by atoms with Crippen molar-refractivity contribution in [1.29, 1.82) is 0 Å². The third-order valence-corrected chi connectivity index (χ3v) is 4.23. The zero-order valence-electron chi connectivity index (χ0n) is 12.1. The molecule has 0 saturated carbocycles. The minimum absolute atomic E-state index is 0.121. The maximum absolute atomic E-state index is 12.2. The lowest BCUT2D eigenvalue weighted by Crippen LogP contribution is -2.20. The van der Waals surface area contributed by atoms with Crippen molar-refractivity contribution in [2.45, 2.75) is 20.4 Å². The number of anilines is 2. The average molecular weight is 353 g/mol. The monoisotopic (exact) mass is 352 g/mol. The van der Waals surface area contributed by atoms with Crippen LogP contribution in [-0.2, 0) is 11.3 Å². The first-order chi connectivity index (χ1) is 9.92. The minimum atomic E-state index is -0.197. The van der Waals surface area contributed by atoms with E-state index >= 15 is 0 Å². The number of methoxy groups -OCH3 is 1. The van der Waals surface area contributed by atoms with Crippen molar-refractivity contribution in [1.82, 2.24) is 9.78 Å². The van der Waals surface area contributed by atoms with E-state index in [9.17, 15) is 4.79 Å². The van der Waals surface area contributed by atoms with Gasteiger partial charge in [0, 0.05) is 5.69 Å². The number of hydrogen-bond acceptors (Lipinski definition) is 4.